The fourth-order valence-electron chi connectivity index (χ4n) is 2.80. The average Bonchev–Trinajstić information content (AvgIpc) is 2.76. The summed E-state index contributed by atoms with van der Waals surface area (Å²) >= 11 is 0. The highest BCUT2D eigenvalue weighted by Crippen LogP contribution is 2.33. The van der Waals surface area contributed by atoms with E-state index in [0.717, 1.165) is 37.7 Å². The van der Waals surface area contributed by atoms with E-state index in [1.807, 2.05) is 6.08 Å². The Morgan fingerprint density at radius 3 is 2.94 bits per heavy atom. The summed E-state index contributed by atoms with van der Waals surface area (Å²) in [6, 6.07) is -0.162. The molecule has 1 saturated heterocycles. The molecule has 1 fully saturated rings. The summed E-state index contributed by atoms with van der Waals surface area (Å²) in [4.78, 5) is 25.7. The van der Waals surface area contributed by atoms with Crippen molar-refractivity contribution < 1.29 is 14.3 Å². The molecule has 0 bridgehead atoms. The van der Waals surface area contributed by atoms with Gasteiger partial charge in [-0.05, 0) is 25.7 Å². The summed E-state index contributed by atoms with van der Waals surface area (Å²) in [6.07, 6.45) is 6.33. The van der Waals surface area contributed by atoms with Gasteiger partial charge in [0.2, 0.25) is 5.91 Å². The first-order chi connectivity index (χ1) is 8.19. The fraction of sp³-hybridized carbons (Fsp3) is 0.692. The van der Waals surface area contributed by atoms with Crippen molar-refractivity contribution in [2.45, 2.75) is 51.1 Å². The Morgan fingerprint density at radius 1 is 1.53 bits per heavy atom. The first kappa shape index (κ1) is 12.1. The van der Waals surface area contributed by atoms with Gasteiger partial charge in [0.25, 0.3) is 0 Å². The third-order valence-corrected chi connectivity index (χ3v) is 3.64. The second kappa shape index (κ2) is 4.90. The quantitative estimate of drug-likeness (QED) is 0.701. The van der Waals surface area contributed by atoms with Gasteiger partial charge >= 0.3 is 5.97 Å². The highest BCUT2D eigenvalue weighted by atomic mass is 16.5. The van der Waals surface area contributed by atoms with Crippen molar-refractivity contribution >= 4 is 11.9 Å². The van der Waals surface area contributed by atoms with E-state index in [2.05, 4.69) is 6.92 Å². The molecule has 0 aliphatic carbocycles. The van der Waals surface area contributed by atoms with E-state index < -0.39 is 0 Å². The van der Waals surface area contributed by atoms with Crippen LogP contribution in [0, 0.1) is 0 Å². The Morgan fingerprint density at radius 2 is 2.29 bits per heavy atom. The number of hydrogen-bond donors (Lipinski definition) is 0. The van der Waals surface area contributed by atoms with Crippen LogP contribution >= 0.6 is 0 Å². The molecule has 0 radical (unpaired) electrons. The first-order valence-corrected chi connectivity index (χ1v) is 6.28. The lowest BCUT2D eigenvalue weighted by atomic mass is 9.99. The van der Waals surface area contributed by atoms with Gasteiger partial charge in [-0.3, -0.25) is 4.79 Å². The van der Waals surface area contributed by atoms with Gasteiger partial charge < -0.3 is 9.64 Å². The Balaban J connectivity index is 2.18. The van der Waals surface area contributed by atoms with Crippen LogP contribution in [0.4, 0.5) is 0 Å². The van der Waals surface area contributed by atoms with E-state index in [-0.39, 0.29) is 24.0 Å². The molecule has 2 aliphatic rings. The largest absolute Gasteiger partial charge is 0.467 e. The first-order valence-electron chi connectivity index (χ1n) is 6.28. The van der Waals surface area contributed by atoms with E-state index in [9.17, 15) is 9.59 Å². The number of amides is 1. The summed E-state index contributed by atoms with van der Waals surface area (Å²) < 4.78 is 4.77. The predicted molar refractivity (Wildman–Crippen MR) is 63.3 cm³/mol. The van der Waals surface area contributed by atoms with E-state index in [4.69, 9.17) is 4.74 Å². The normalized spacial score (nSPS) is 27.8. The van der Waals surface area contributed by atoms with Crippen molar-refractivity contribution in [3.8, 4) is 0 Å². The van der Waals surface area contributed by atoms with Crippen LogP contribution in [0.5, 0.6) is 0 Å². The molecular formula is C13H19NO3. The van der Waals surface area contributed by atoms with Gasteiger partial charge in [-0.2, -0.15) is 0 Å². The number of rotatable bonds is 3. The van der Waals surface area contributed by atoms with Crippen LogP contribution in [0.15, 0.2) is 11.6 Å². The minimum absolute atomic E-state index is 0.0380. The summed E-state index contributed by atoms with van der Waals surface area (Å²) in [5, 5.41) is 0. The molecule has 0 spiro atoms. The van der Waals surface area contributed by atoms with Crippen LogP contribution in [0.2, 0.25) is 0 Å². The molecule has 0 unspecified atom stereocenters. The molecule has 17 heavy (non-hydrogen) atoms. The maximum absolute atomic E-state index is 12.3. The van der Waals surface area contributed by atoms with Gasteiger partial charge in [-0.1, -0.05) is 19.4 Å². The Labute approximate surface area is 102 Å². The van der Waals surface area contributed by atoms with Crippen molar-refractivity contribution in [1.29, 1.82) is 0 Å². The van der Waals surface area contributed by atoms with Crippen LogP contribution in [0.3, 0.4) is 0 Å². The lowest BCUT2D eigenvalue weighted by Gasteiger charge is -2.32. The number of carbonyl (C=O) groups excluding carboxylic acids is 2. The number of fused-ring (bicyclic) bond motifs is 1. The van der Waals surface area contributed by atoms with E-state index in [1.54, 1.807) is 4.90 Å². The molecule has 0 aromatic rings. The molecule has 4 heteroatoms. The van der Waals surface area contributed by atoms with Gasteiger partial charge in [-0.25, -0.2) is 4.79 Å². The van der Waals surface area contributed by atoms with Gasteiger partial charge in [0, 0.05) is 11.6 Å². The number of carbonyl (C=O) groups is 2. The average molecular weight is 237 g/mol. The minimum Gasteiger partial charge on any atom is -0.467 e. The standard InChI is InChI=1S/C13H19NO3/c1-3-4-9-5-6-10-7-8-11(13(16)17-2)14(10)12(9)15/h5,10-11H,3-4,6-8H2,1-2H3/t10-,11-/m0/s1. The van der Waals surface area contributed by atoms with Crippen LogP contribution in [0.25, 0.3) is 0 Å². The Kier molecular flexibility index (Phi) is 3.50. The molecule has 0 aromatic carbocycles. The molecule has 94 valence electrons. The second-order valence-electron chi connectivity index (χ2n) is 4.70. The molecule has 0 aromatic heterocycles. The highest BCUT2D eigenvalue weighted by Gasteiger charge is 2.43. The Hall–Kier alpha value is -1.32. The number of ether oxygens (including phenoxy) is 1. The lowest BCUT2D eigenvalue weighted by molar-refractivity contribution is -0.151. The van der Waals surface area contributed by atoms with E-state index >= 15 is 0 Å². The number of hydrogen-bond acceptors (Lipinski definition) is 3. The van der Waals surface area contributed by atoms with Gasteiger partial charge in [0.1, 0.15) is 6.04 Å². The van der Waals surface area contributed by atoms with Crippen molar-refractivity contribution in [3.63, 3.8) is 0 Å². The maximum atomic E-state index is 12.3. The minimum atomic E-state index is -0.363. The number of esters is 1. The monoisotopic (exact) mass is 237 g/mol. The van der Waals surface area contributed by atoms with Crippen LogP contribution < -0.4 is 0 Å². The van der Waals surface area contributed by atoms with Gasteiger partial charge in [-0.15, -0.1) is 0 Å². The van der Waals surface area contributed by atoms with E-state index in [0.29, 0.717) is 0 Å². The summed E-state index contributed by atoms with van der Waals surface area (Å²) in [6.45, 7) is 2.06. The topological polar surface area (TPSA) is 46.6 Å². The molecule has 2 atom stereocenters. The number of methoxy groups -OCH3 is 1. The smallest absolute Gasteiger partial charge is 0.328 e. The van der Waals surface area contributed by atoms with E-state index in [1.165, 1.54) is 7.11 Å². The van der Waals surface area contributed by atoms with Crippen molar-refractivity contribution in [3.05, 3.63) is 11.6 Å². The molecule has 2 rings (SSSR count). The van der Waals surface area contributed by atoms with Crippen molar-refractivity contribution in [1.82, 2.24) is 4.90 Å². The molecular weight excluding hydrogens is 218 g/mol. The lowest BCUT2D eigenvalue weighted by Crippen LogP contribution is -2.47. The SMILES string of the molecule is CCCC1=CC[C@H]2CC[C@@H](C(=O)OC)N2C1=O. The van der Waals surface area contributed by atoms with Crippen molar-refractivity contribution in [2.24, 2.45) is 0 Å². The molecule has 2 heterocycles. The van der Waals surface area contributed by atoms with Gasteiger partial charge in [0.05, 0.1) is 7.11 Å². The third kappa shape index (κ3) is 2.08. The van der Waals surface area contributed by atoms with Crippen LogP contribution in [-0.2, 0) is 14.3 Å². The zero-order valence-corrected chi connectivity index (χ0v) is 10.4. The van der Waals surface area contributed by atoms with Crippen LogP contribution in [0.1, 0.15) is 39.0 Å². The molecule has 4 nitrogen and oxygen atoms in total. The highest BCUT2D eigenvalue weighted by molar-refractivity contribution is 5.97. The molecule has 0 saturated carbocycles. The zero-order chi connectivity index (χ0) is 12.4. The van der Waals surface area contributed by atoms with Crippen LogP contribution in [-0.4, -0.2) is 36.0 Å². The summed E-state index contributed by atoms with van der Waals surface area (Å²) in [5.74, 6) is -0.241. The third-order valence-electron chi connectivity index (χ3n) is 3.64. The predicted octanol–water partition coefficient (Wildman–Crippen LogP) is 1.65. The molecule has 0 N–H and O–H groups in total. The fourth-order valence-corrected chi connectivity index (χ4v) is 2.80. The summed E-state index contributed by atoms with van der Waals surface area (Å²) in [7, 11) is 1.38. The second-order valence-corrected chi connectivity index (χ2v) is 4.70. The molecule has 2 aliphatic heterocycles. The maximum Gasteiger partial charge on any atom is 0.328 e. The number of nitrogens with zero attached hydrogens (tertiary/aromatic N) is 1. The van der Waals surface area contributed by atoms with Crippen molar-refractivity contribution in [2.75, 3.05) is 7.11 Å². The zero-order valence-electron chi connectivity index (χ0n) is 10.4. The Bertz CT molecular complexity index is 362. The molecule has 1 amide bonds. The summed E-state index contributed by atoms with van der Waals surface area (Å²) in [5.41, 5.74) is 0.861. The van der Waals surface area contributed by atoms with Gasteiger partial charge in [0.15, 0.2) is 0 Å².